The van der Waals surface area contributed by atoms with Gasteiger partial charge < -0.3 is 19.0 Å². The van der Waals surface area contributed by atoms with E-state index in [-0.39, 0.29) is 0 Å². The lowest BCUT2D eigenvalue weighted by Gasteiger charge is -2.36. The Morgan fingerprint density at radius 3 is 2.50 bits per heavy atom. The molecule has 10 heteroatoms. The topological polar surface area (TPSA) is 106 Å². The SMILES string of the molecule is COc1c(-c2nnc(Cc3ccccc3)o2)nc(N2CCN(c3cnccn3)CC2)c2cccnc12. The second-order valence-corrected chi connectivity index (χ2v) is 8.42. The van der Waals surface area contributed by atoms with Crippen LogP contribution < -0.4 is 14.5 Å². The lowest BCUT2D eigenvalue weighted by Crippen LogP contribution is -2.47. The van der Waals surface area contributed by atoms with Crippen molar-refractivity contribution in [3.8, 4) is 17.3 Å². The number of hydrogen-bond acceptors (Lipinski definition) is 10. The standard InChI is InChI=1S/C26H24N8O2/c1-35-24-22-19(8-5-9-29-22)25(34-14-12-33(13-15-34)20-17-27-10-11-28-20)30-23(24)26-32-31-21(36-26)16-18-6-3-2-4-7-18/h2-11,17H,12-16H2,1H3. The molecule has 1 aliphatic heterocycles. The van der Waals surface area contributed by atoms with Crippen LogP contribution in [-0.2, 0) is 6.42 Å². The van der Waals surface area contributed by atoms with Crippen LogP contribution in [0, 0.1) is 0 Å². The Bertz CT molecular complexity index is 1470. The number of anilines is 2. The summed E-state index contributed by atoms with van der Waals surface area (Å²) in [6.07, 6.45) is 7.48. The minimum atomic E-state index is 0.310. The van der Waals surface area contributed by atoms with Gasteiger partial charge in [-0.25, -0.2) is 9.97 Å². The van der Waals surface area contributed by atoms with Gasteiger partial charge in [-0.1, -0.05) is 30.3 Å². The van der Waals surface area contributed by atoms with Crippen LogP contribution >= 0.6 is 0 Å². The number of aromatic nitrogens is 6. The van der Waals surface area contributed by atoms with E-state index in [0.29, 0.717) is 35.2 Å². The summed E-state index contributed by atoms with van der Waals surface area (Å²) in [6.45, 7) is 3.13. The molecule has 5 heterocycles. The first-order valence-electron chi connectivity index (χ1n) is 11.8. The Hall–Kier alpha value is -4.60. The van der Waals surface area contributed by atoms with Crippen LogP contribution in [0.25, 0.3) is 22.5 Å². The van der Waals surface area contributed by atoms with Crippen LogP contribution in [0.5, 0.6) is 5.75 Å². The van der Waals surface area contributed by atoms with Crippen molar-refractivity contribution in [1.82, 2.24) is 30.1 Å². The molecular weight excluding hydrogens is 456 g/mol. The summed E-state index contributed by atoms with van der Waals surface area (Å²) in [6, 6.07) is 13.9. The summed E-state index contributed by atoms with van der Waals surface area (Å²) in [7, 11) is 1.61. The Labute approximate surface area is 207 Å². The highest BCUT2D eigenvalue weighted by Gasteiger charge is 2.26. The Kier molecular flexibility index (Phi) is 5.82. The van der Waals surface area contributed by atoms with Gasteiger partial charge in [-0.2, -0.15) is 0 Å². The molecule has 0 aliphatic carbocycles. The van der Waals surface area contributed by atoms with Crippen LogP contribution in [0.15, 0.2) is 71.7 Å². The summed E-state index contributed by atoms with van der Waals surface area (Å²) < 4.78 is 11.8. The van der Waals surface area contributed by atoms with E-state index in [4.69, 9.17) is 14.1 Å². The van der Waals surface area contributed by atoms with E-state index < -0.39 is 0 Å². The number of nitrogens with zero attached hydrogens (tertiary/aromatic N) is 8. The molecule has 5 aromatic rings. The molecule has 0 atom stereocenters. The maximum Gasteiger partial charge on any atom is 0.270 e. The van der Waals surface area contributed by atoms with Crippen LogP contribution in [0.3, 0.4) is 0 Å². The molecule has 36 heavy (non-hydrogen) atoms. The third-order valence-electron chi connectivity index (χ3n) is 6.22. The fraction of sp³-hybridized carbons (Fsp3) is 0.231. The largest absolute Gasteiger partial charge is 0.492 e. The Morgan fingerprint density at radius 2 is 1.72 bits per heavy atom. The van der Waals surface area contributed by atoms with Gasteiger partial charge in [0.1, 0.15) is 17.2 Å². The van der Waals surface area contributed by atoms with Crippen molar-refractivity contribution in [3.63, 3.8) is 0 Å². The highest BCUT2D eigenvalue weighted by molar-refractivity contribution is 5.97. The zero-order valence-electron chi connectivity index (χ0n) is 19.8. The predicted molar refractivity (Wildman–Crippen MR) is 135 cm³/mol. The third kappa shape index (κ3) is 4.17. The van der Waals surface area contributed by atoms with Gasteiger partial charge in [0.25, 0.3) is 5.89 Å². The van der Waals surface area contributed by atoms with Gasteiger partial charge in [0.05, 0.1) is 19.7 Å². The number of pyridine rings is 2. The second-order valence-electron chi connectivity index (χ2n) is 8.42. The van der Waals surface area contributed by atoms with E-state index in [9.17, 15) is 0 Å². The smallest absolute Gasteiger partial charge is 0.270 e. The number of piperazine rings is 1. The molecule has 0 saturated carbocycles. The molecule has 1 aromatic carbocycles. The third-order valence-corrected chi connectivity index (χ3v) is 6.22. The second kappa shape index (κ2) is 9.57. The number of methoxy groups -OCH3 is 1. The quantitative estimate of drug-likeness (QED) is 0.359. The van der Waals surface area contributed by atoms with Crippen LogP contribution in [0.1, 0.15) is 11.5 Å². The molecule has 0 N–H and O–H groups in total. The lowest BCUT2D eigenvalue weighted by atomic mass is 10.1. The predicted octanol–water partition coefficient (Wildman–Crippen LogP) is 3.40. The first kappa shape index (κ1) is 21.9. The lowest BCUT2D eigenvalue weighted by molar-refractivity contribution is 0.415. The number of fused-ring (bicyclic) bond motifs is 1. The van der Waals surface area contributed by atoms with Gasteiger partial charge in [-0.3, -0.25) is 9.97 Å². The number of ether oxygens (including phenoxy) is 1. The Morgan fingerprint density at radius 1 is 0.889 bits per heavy atom. The van der Waals surface area contributed by atoms with Crippen LogP contribution in [-0.4, -0.2) is 63.4 Å². The van der Waals surface area contributed by atoms with Crippen LogP contribution in [0.2, 0.25) is 0 Å². The van der Waals surface area contributed by atoms with Crippen LogP contribution in [0.4, 0.5) is 11.6 Å². The maximum absolute atomic E-state index is 6.05. The molecule has 0 amide bonds. The minimum Gasteiger partial charge on any atom is -0.492 e. The molecular formula is C26H24N8O2. The fourth-order valence-electron chi connectivity index (χ4n) is 4.47. The molecule has 4 aromatic heterocycles. The molecule has 10 nitrogen and oxygen atoms in total. The number of benzene rings is 1. The van der Waals surface area contributed by atoms with Gasteiger partial charge in [-0.15, -0.1) is 10.2 Å². The van der Waals surface area contributed by atoms with E-state index in [1.165, 1.54) is 0 Å². The number of hydrogen-bond donors (Lipinski definition) is 0. The van der Waals surface area contributed by atoms with Crippen molar-refractivity contribution >= 4 is 22.5 Å². The minimum absolute atomic E-state index is 0.310. The van der Waals surface area contributed by atoms with E-state index in [1.807, 2.05) is 42.5 Å². The zero-order chi connectivity index (χ0) is 24.3. The molecule has 1 aliphatic rings. The highest BCUT2D eigenvalue weighted by Crippen LogP contribution is 2.38. The summed E-state index contributed by atoms with van der Waals surface area (Å²) in [5.74, 6) is 3.03. The summed E-state index contributed by atoms with van der Waals surface area (Å²) in [4.78, 5) is 22.7. The van der Waals surface area contributed by atoms with Crippen molar-refractivity contribution in [2.75, 3.05) is 43.1 Å². The molecule has 1 fully saturated rings. The summed E-state index contributed by atoms with van der Waals surface area (Å²) in [5, 5.41) is 9.48. The molecule has 0 unspecified atom stereocenters. The van der Waals surface area contributed by atoms with Crippen molar-refractivity contribution in [2.24, 2.45) is 0 Å². The van der Waals surface area contributed by atoms with Gasteiger partial charge in [0, 0.05) is 50.2 Å². The average Bonchev–Trinajstić information content (AvgIpc) is 3.41. The molecule has 0 bridgehead atoms. The van der Waals surface area contributed by atoms with Gasteiger partial charge in [0.2, 0.25) is 5.89 Å². The first-order chi connectivity index (χ1) is 17.8. The summed E-state index contributed by atoms with van der Waals surface area (Å²) in [5.41, 5.74) is 2.29. The van der Waals surface area contributed by atoms with Crippen molar-refractivity contribution in [3.05, 3.63) is 78.7 Å². The molecule has 6 rings (SSSR count). The monoisotopic (exact) mass is 480 g/mol. The number of rotatable bonds is 6. The Balaban J connectivity index is 1.35. The molecule has 0 spiro atoms. The van der Waals surface area contributed by atoms with E-state index in [0.717, 1.165) is 48.8 Å². The average molecular weight is 481 g/mol. The van der Waals surface area contributed by atoms with Gasteiger partial charge in [0.15, 0.2) is 11.4 Å². The van der Waals surface area contributed by atoms with E-state index >= 15 is 0 Å². The maximum atomic E-state index is 6.05. The van der Waals surface area contributed by atoms with E-state index in [2.05, 4.69) is 34.9 Å². The van der Waals surface area contributed by atoms with E-state index in [1.54, 1.807) is 31.9 Å². The first-order valence-corrected chi connectivity index (χ1v) is 11.8. The van der Waals surface area contributed by atoms with Crippen molar-refractivity contribution < 1.29 is 9.15 Å². The van der Waals surface area contributed by atoms with Crippen molar-refractivity contribution in [2.45, 2.75) is 6.42 Å². The molecule has 0 radical (unpaired) electrons. The molecule has 180 valence electrons. The van der Waals surface area contributed by atoms with Gasteiger partial charge >= 0.3 is 0 Å². The fourth-order valence-corrected chi connectivity index (χ4v) is 4.47. The van der Waals surface area contributed by atoms with Gasteiger partial charge in [-0.05, 0) is 17.7 Å². The zero-order valence-corrected chi connectivity index (χ0v) is 19.8. The summed E-state index contributed by atoms with van der Waals surface area (Å²) >= 11 is 0. The van der Waals surface area contributed by atoms with Crippen molar-refractivity contribution in [1.29, 1.82) is 0 Å². The highest BCUT2D eigenvalue weighted by atomic mass is 16.5. The normalized spacial score (nSPS) is 13.8. The molecule has 1 saturated heterocycles.